The van der Waals surface area contributed by atoms with E-state index in [-0.39, 0.29) is 0 Å². The molecule has 1 aromatic carbocycles. The fraction of sp³-hybridized carbons (Fsp3) is 0.471. The SMILES string of the molecule is CN=C(NCCCc1nc(C)no1)NCCCc1ccc(Cl)cc1Cl. The molecule has 2 aromatic rings. The van der Waals surface area contributed by atoms with Gasteiger partial charge in [0, 0.05) is 36.6 Å². The van der Waals surface area contributed by atoms with Crippen molar-refractivity contribution in [1.82, 2.24) is 20.8 Å². The van der Waals surface area contributed by atoms with E-state index >= 15 is 0 Å². The molecule has 1 heterocycles. The molecule has 0 aliphatic heterocycles. The standard InChI is InChI=1S/C17H23Cl2N5O/c1-12-23-16(25-24-12)6-4-10-22-17(20-2)21-9-3-5-13-7-8-14(18)11-15(13)19/h7-8,11H,3-6,9-10H2,1-2H3,(H2,20,21,22). The van der Waals surface area contributed by atoms with E-state index in [2.05, 4.69) is 25.8 Å². The molecular weight excluding hydrogens is 361 g/mol. The molecular formula is C17H23Cl2N5O. The van der Waals surface area contributed by atoms with Gasteiger partial charge in [0.25, 0.3) is 0 Å². The Morgan fingerprint density at radius 3 is 2.48 bits per heavy atom. The number of benzene rings is 1. The molecule has 25 heavy (non-hydrogen) atoms. The Kier molecular flexibility index (Phi) is 8.01. The second-order valence-electron chi connectivity index (χ2n) is 5.60. The monoisotopic (exact) mass is 383 g/mol. The lowest BCUT2D eigenvalue weighted by atomic mass is 10.1. The van der Waals surface area contributed by atoms with Gasteiger partial charge < -0.3 is 15.2 Å². The van der Waals surface area contributed by atoms with Gasteiger partial charge in [0.1, 0.15) is 0 Å². The zero-order valence-electron chi connectivity index (χ0n) is 14.5. The molecule has 136 valence electrons. The molecule has 0 unspecified atom stereocenters. The molecule has 0 aliphatic rings. The van der Waals surface area contributed by atoms with E-state index in [0.717, 1.165) is 50.3 Å². The number of aliphatic imine (C=N–C) groups is 1. The van der Waals surface area contributed by atoms with Crippen molar-refractivity contribution >= 4 is 29.2 Å². The number of aryl methyl sites for hydroxylation is 3. The third kappa shape index (κ3) is 6.92. The van der Waals surface area contributed by atoms with Crippen molar-refractivity contribution in [3.63, 3.8) is 0 Å². The van der Waals surface area contributed by atoms with E-state index in [9.17, 15) is 0 Å². The summed E-state index contributed by atoms with van der Waals surface area (Å²) >= 11 is 12.1. The second kappa shape index (κ2) is 10.3. The summed E-state index contributed by atoms with van der Waals surface area (Å²) in [5.41, 5.74) is 1.10. The lowest BCUT2D eigenvalue weighted by Gasteiger charge is -2.11. The van der Waals surface area contributed by atoms with Crippen LogP contribution in [0.2, 0.25) is 10.0 Å². The summed E-state index contributed by atoms with van der Waals surface area (Å²) in [7, 11) is 1.76. The van der Waals surface area contributed by atoms with Crippen molar-refractivity contribution < 1.29 is 4.52 Å². The first-order valence-electron chi connectivity index (χ1n) is 8.26. The van der Waals surface area contributed by atoms with E-state index < -0.39 is 0 Å². The highest BCUT2D eigenvalue weighted by atomic mass is 35.5. The van der Waals surface area contributed by atoms with E-state index in [1.807, 2.05) is 19.1 Å². The lowest BCUT2D eigenvalue weighted by Crippen LogP contribution is -2.38. The first kappa shape index (κ1) is 19.5. The minimum atomic E-state index is 0.659. The minimum absolute atomic E-state index is 0.659. The molecule has 2 rings (SSSR count). The van der Waals surface area contributed by atoms with Gasteiger partial charge in [-0.3, -0.25) is 4.99 Å². The summed E-state index contributed by atoms with van der Waals surface area (Å²) in [4.78, 5) is 8.39. The Labute approximate surface area is 158 Å². The maximum absolute atomic E-state index is 6.18. The number of guanidine groups is 1. The van der Waals surface area contributed by atoms with Crippen LogP contribution in [0.25, 0.3) is 0 Å². The minimum Gasteiger partial charge on any atom is -0.356 e. The first-order valence-corrected chi connectivity index (χ1v) is 9.01. The summed E-state index contributed by atoms with van der Waals surface area (Å²) in [6, 6.07) is 5.61. The van der Waals surface area contributed by atoms with Crippen molar-refractivity contribution in [3.8, 4) is 0 Å². The van der Waals surface area contributed by atoms with Crippen molar-refractivity contribution in [2.75, 3.05) is 20.1 Å². The van der Waals surface area contributed by atoms with Gasteiger partial charge in [-0.1, -0.05) is 34.4 Å². The van der Waals surface area contributed by atoms with Crippen LogP contribution in [0.4, 0.5) is 0 Å². The molecule has 0 radical (unpaired) electrons. The summed E-state index contributed by atoms with van der Waals surface area (Å²) in [5, 5.41) is 11.7. The largest absolute Gasteiger partial charge is 0.356 e. The number of halogens is 2. The fourth-order valence-electron chi connectivity index (χ4n) is 2.32. The summed E-state index contributed by atoms with van der Waals surface area (Å²) < 4.78 is 5.08. The van der Waals surface area contributed by atoms with Crippen LogP contribution in [-0.2, 0) is 12.8 Å². The topological polar surface area (TPSA) is 75.3 Å². The van der Waals surface area contributed by atoms with Gasteiger partial charge >= 0.3 is 0 Å². The Balaban J connectivity index is 1.61. The zero-order valence-corrected chi connectivity index (χ0v) is 16.0. The van der Waals surface area contributed by atoms with Gasteiger partial charge in [-0.2, -0.15) is 4.98 Å². The van der Waals surface area contributed by atoms with Crippen LogP contribution < -0.4 is 10.6 Å². The van der Waals surface area contributed by atoms with E-state index in [1.165, 1.54) is 0 Å². The molecule has 0 spiro atoms. The first-order chi connectivity index (χ1) is 12.1. The average Bonchev–Trinajstić information content (AvgIpc) is 3.00. The summed E-state index contributed by atoms with van der Waals surface area (Å²) in [5.74, 6) is 2.12. The number of hydrogen-bond acceptors (Lipinski definition) is 4. The van der Waals surface area contributed by atoms with Crippen LogP contribution in [0.3, 0.4) is 0 Å². The molecule has 0 aliphatic carbocycles. The van der Waals surface area contributed by atoms with E-state index in [0.29, 0.717) is 21.8 Å². The number of nitrogens with one attached hydrogen (secondary N) is 2. The molecule has 1 aromatic heterocycles. The summed E-state index contributed by atoms with van der Waals surface area (Å²) in [6.07, 6.45) is 3.47. The molecule has 8 heteroatoms. The maximum atomic E-state index is 6.18. The third-order valence-electron chi connectivity index (χ3n) is 3.58. The van der Waals surface area contributed by atoms with Crippen LogP contribution in [-0.4, -0.2) is 36.2 Å². The van der Waals surface area contributed by atoms with Gasteiger partial charge in [0.15, 0.2) is 11.8 Å². The number of aromatic nitrogens is 2. The Bertz CT molecular complexity index is 702. The molecule has 0 atom stereocenters. The zero-order chi connectivity index (χ0) is 18.1. The highest BCUT2D eigenvalue weighted by Gasteiger charge is 2.04. The molecule has 0 fully saturated rings. The van der Waals surface area contributed by atoms with Gasteiger partial charge in [0.05, 0.1) is 0 Å². The van der Waals surface area contributed by atoms with Gasteiger partial charge in [0.2, 0.25) is 5.89 Å². The van der Waals surface area contributed by atoms with Crippen molar-refractivity contribution in [2.24, 2.45) is 4.99 Å². The van der Waals surface area contributed by atoms with E-state index in [4.69, 9.17) is 27.7 Å². The van der Waals surface area contributed by atoms with Crippen LogP contribution in [0, 0.1) is 6.92 Å². The Morgan fingerprint density at radius 1 is 1.16 bits per heavy atom. The predicted molar refractivity (Wildman–Crippen MR) is 102 cm³/mol. The predicted octanol–water partition coefficient (Wildman–Crippen LogP) is 3.42. The highest BCUT2D eigenvalue weighted by Crippen LogP contribution is 2.21. The smallest absolute Gasteiger partial charge is 0.226 e. The molecule has 2 N–H and O–H groups in total. The highest BCUT2D eigenvalue weighted by molar-refractivity contribution is 6.35. The average molecular weight is 384 g/mol. The normalized spacial score (nSPS) is 11.6. The van der Waals surface area contributed by atoms with Crippen molar-refractivity contribution in [1.29, 1.82) is 0 Å². The van der Waals surface area contributed by atoms with Gasteiger partial charge in [-0.05, 0) is 43.9 Å². The number of hydrogen-bond donors (Lipinski definition) is 2. The van der Waals surface area contributed by atoms with Crippen molar-refractivity contribution in [2.45, 2.75) is 32.6 Å². The second-order valence-corrected chi connectivity index (χ2v) is 6.45. The lowest BCUT2D eigenvalue weighted by molar-refractivity contribution is 0.372. The fourth-order valence-corrected chi connectivity index (χ4v) is 2.82. The molecule has 6 nitrogen and oxygen atoms in total. The maximum Gasteiger partial charge on any atom is 0.226 e. The van der Waals surface area contributed by atoms with E-state index in [1.54, 1.807) is 13.1 Å². The van der Waals surface area contributed by atoms with Crippen LogP contribution >= 0.6 is 23.2 Å². The quantitative estimate of drug-likeness (QED) is 0.414. The number of rotatable bonds is 8. The Morgan fingerprint density at radius 2 is 1.88 bits per heavy atom. The molecule has 0 saturated heterocycles. The molecule has 0 bridgehead atoms. The summed E-state index contributed by atoms with van der Waals surface area (Å²) in [6.45, 7) is 3.40. The van der Waals surface area contributed by atoms with Crippen LogP contribution in [0.15, 0.2) is 27.7 Å². The van der Waals surface area contributed by atoms with Gasteiger partial charge in [-0.15, -0.1) is 0 Å². The Hall–Kier alpha value is -1.79. The van der Waals surface area contributed by atoms with Gasteiger partial charge in [-0.25, -0.2) is 0 Å². The van der Waals surface area contributed by atoms with Crippen LogP contribution in [0.5, 0.6) is 0 Å². The third-order valence-corrected chi connectivity index (χ3v) is 4.17. The molecule has 0 amide bonds. The molecule has 0 saturated carbocycles. The van der Waals surface area contributed by atoms with Crippen molar-refractivity contribution in [3.05, 3.63) is 45.5 Å². The number of nitrogens with zero attached hydrogens (tertiary/aromatic N) is 3. The van der Waals surface area contributed by atoms with Crippen LogP contribution in [0.1, 0.15) is 30.1 Å².